The lowest BCUT2D eigenvalue weighted by Crippen LogP contribution is -2.50. The second-order valence-electron chi connectivity index (χ2n) is 8.40. The second kappa shape index (κ2) is 10.2. The zero-order valence-corrected chi connectivity index (χ0v) is 17.6. The smallest absolute Gasteiger partial charge is 0.234 e. The fourth-order valence-electron chi connectivity index (χ4n) is 3.94. The molecule has 3 fully saturated rings. The number of carbonyl (C=O) groups excluding carboxylic acids is 2. The standard InChI is InChI=1S/C22H33N5O3/c28-21(23-19-3-5-20(6-4-19)27-13-15-30-16-14-27)7-8-25-9-11-26(12-10-25)17-22(29)24-18-1-2-18/h3-6,18H,1-2,7-17H2,(H,23,28)(H,24,29). The maximum Gasteiger partial charge on any atom is 0.234 e. The Morgan fingerprint density at radius 2 is 1.57 bits per heavy atom. The van der Waals surface area contributed by atoms with Crippen LogP contribution in [0.4, 0.5) is 11.4 Å². The molecule has 2 N–H and O–H groups in total. The van der Waals surface area contributed by atoms with Crippen LogP contribution in [0.5, 0.6) is 0 Å². The number of carbonyl (C=O) groups is 2. The van der Waals surface area contributed by atoms with Gasteiger partial charge in [0.2, 0.25) is 11.8 Å². The Morgan fingerprint density at radius 1 is 0.900 bits per heavy atom. The fraction of sp³-hybridized carbons (Fsp3) is 0.636. The normalized spacial score (nSPS) is 20.7. The molecule has 2 heterocycles. The highest BCUT2D eigenvalue weighted by atomic mass is 16.5. The van der Waals surface area contributed by atoms with Crippen LogP contribution in [-0.4, -0.2) is 93.2 Å². The minimum atomic E-state index is 0.0420. The molecule has 0 atom stereocenters. The predicted molar refractivity (Wildman–Crippen MR) is 117 cm³/mol. The summed E-state index contributed by atoms with van der Waals surface area (Å²) in [6.45, 7) is 8.14. The summed E-state index contributed by atoms with van der Waals surface area (Å²) in [5.41, 5.74) is 2.00. The molecule has 0 bridgehead atoms. The molecule has 1 aromatic rings. The Bertz CT molecular complexity index is 708. The van der Waals surface area contributed by atoms with E-state index >= 15 is 0 Å². The van der Waals surface area contributed by atoms with Crippen molar-refractivity contribution in [2.45, 2.75) is 25.3 Å². The van der Waals surface area contributed by atoms with Crippen molar-refractivity contribution in [1.82, 2.24) is 15.1 Å². The van der Waals surface area contributed by atoms with Gasteiger partial charge in [0.1, 0.15) is 0 Å². The molecule has 2 aliphatic heterocycles. The van der Waals surface area contributed by atoms with Crippen LogP contribution in [0.2, 0.25) is 0 Å². The third-order valence-electron chi connectivity index (χ3n) is 5.96. The van der Waals surface area contributed by atoms with E-state index in [1.54, 1.807) is 0 Å². The molecule has 1 aliphatic carbocycles. The lowest BCUT2D eigenvalue weighted by molar-refractivity contribution is -0.122. The van der Waals surface area contributed by atoms with E-state index in [2.05, 4.69) is 37.5 Å². The van der Waals surface area contributed by atoms with E-state index in [1.165, 1.54) is 5.69 Å². The summed E-state index contributed by atoms with van der Waals surface area (Å²) in [4.78, 5) is 31.0. The first-order chi connectivity index (χ1) is 14.7. The first-order valence-electron chi connectivity index (χ1n) is 11.1. The molecule has 30 heavy (non-hydrogen) atoms. The zero-order chi connectivity index (χ0) is 20.8. The summed E-state index contributed by atoms with van der Waals surface area (Å²) in [7, 11) is 0. The zero-order valence-electron chi connectivity index (χ0n) is 17.6. The van der Waals surface area contributed by atoms with Crippen LogP contribution in [0, 0.1) is 0 Å². The topological polar surface area (TPSA) is 77.2 Å². The van der Waals surface area contributed by atoms with Gasteiger partial charge in [-0.15, -0.1) is 0 Å². The van der Waals surface area contributed by atoms with Crippen LogP contribution in [0.15, 0.2) is 24.3 Å². The van der Waals surface area contributed by atoms with Crippen LogP contribution in [0.25, 0.3) is 0 Å². The van der Waals surface area contributed by atoms with Gasteiger partial charge >= 0.3 is 0 Å². The van der Waals surface area contributed by atoms with E-state index in [-0.39, 0.29) is 11.8 Å². The lowest BCUT2D eigenvalue weighted by atomic mass is 10.2. The molecule has 164 valence electrons. The molecule has 2 amide bonds. The average Bonchev–Trinajstić information content (AvgIpc) is 3.58. The Kier molecular flexibility index (Phi) is 7.20. The van der Waals surface area contributed by atoms with E-state index in [0.717, 1.165) is 77.6 Å². The fourth-order valence-corrected chi connectivity index (χ4v) is 3.94. The van der Waals surface area contributed by atoms with Crippen molar-refractivity contribution < 1.29 is 14.3 Å². The predicted octanol–water partition coefficient (Wildman–Crippen LogP) is 0.748. The summed E-state index contributed by atoms with van der Waals surface area (Å²) in [6.07, 6.45) is 2.73. The highest BCUT2D eigenvalue weighted by Gasteiger charge is 2.25. The molecule has 0 spiro atoms. The SMILES string of the molecule is O=C(CCN1CCN(CC(=O)NC2CC2)CC1)Nc1ccc(N2CCOCC2)cc1. The largest absolute Gasteiger partial charge is 0.378 e. The van der Waals surface area contributed by atoms with Gasteiger partial charge in [0.25, 0.3) is 0 Å². The summed E-state index contributed by atoms with van der Waals surface area (Å²) in [5.74, 6) is 0.185. The Morgan fingerprint density at radius 3 is 2.23 bits per heavy atom. The van der Waals surface area contributed by atoms with E-state index in [0.29, 0.717) is 19.0 Å². The van der Waals surface area contributed by atoms with Crippen molar-refractivity contribution in [1.29, 1.82) is 0 Å². The van der Waals surface area contributed by atoms with Gasteiger partial charge in [-0.3, -0.25) is 14.5 Å². The number of hydrogen-bond acceptors (Lipinski definition) is 6. The molecule has 0 aromatic heterocycles. The van der Waals surface area contributed by atoms with Gasteiger partial charge in [-0.2, -0.15) is 0 Å². The van der Waals surface area contributed by atoms with Crippen LogP contribution in [-0.2, 0) is 14.3 Å². The van der Waals surface area contributed by atoms with Gasteiger partial charge in [0, 0.05) is 69.7 Å². The second-order valence-corrected chi connectivity index (χ2v) is 8.40. The summed E-state index contributed by atoms with van der Waals surface area (Å²) < 4.78 is 5.39. The van der Waals surface area contributed by atoms with E-state index in [1.807, 2.05) is 12.1 Å². The Balaban J connectivity index is 1.12. The van der Waals surface area contributed by atoms with Gasteiger partial charge in [0.05, 0.1) is 19.8 Å². The molecule has 8 nitrogen and oxygen atoms in total. The van der Waals surface area contributed by atoms with Crippen LogP contribution in [0.1, 0.15) is 19.3 Å². The summed E-state index contributed by atoms with van der Waals surface area (Å²) in [5, 5.41) is 6.04. The van der Waals surface area contributed by atoms with Gasteiger partial charge in [-0.25, -0.2) is 0 Å². The van der Waals surface area contributed by atoms with Crippen LogP contribution < -0.4 is 15.5 Å². The van der Waals surface area contributed by atoms with Crippen LogP contribution in [0.3, 0.4) is 0 Å². The first kappa shape index (κ1) is 21.1. The molecule has 0 unspecified atom stereocenters. The molecule has 3 aliphatic rings. The number of piperazine rings is 1. The summed E-state index contributed by atoms with van der Waals surface area (Å²) in [6, 6.07) is 8.47. The van der Waals surface area contributed by atoms with E-state index in [4.69, 9.17) is 4.74 Å². The van der Waals surface area contributed by atoms with Gasteiger partial charge in [0.15, 0.2) is 0 Å². The molecular formula is C22H33N5O3. The van der Waals surface area contributed by atoms with Crippen molar-refractivity contribution in [3.63, 3.8) is 0 Å². The molecule has 8 heteroatoms. The molecule has 1 saturated carbocycles. The quantitative estimate of drug-likeness (QED) is 0.653. The number of nitrogens with zero attached hydrogens (tertiary/aromatic N) is 3. The Labute approximate surface area is 178 Å². The van der Waals surface area contributed by atoms with Crippen molar-refractivity contribution in [3.8, 4) is 0 Å². The number of ether oxygens (including phenoxy) is 1. The summed E-state index contributed by atoms with van der Waals surface area (Å²) >= 11 is 0. The minimum absolute atomic E-state index is 0.0420. The number of morpholine rings is 1. The minimum Gasteiger partial charge on any atom is -0.378 e. The number of rotatable bonds is 8. The highest BCUT2D eigenvalue weighted by molar-refractivity contribution is 5.91. The van der Waals surface area contributed by atoms with Crippen molar-refractivity contribution in [2.75, 3.05) is 75.8 Å². The molecule has 1 aromatic carbocycles. The first-order valence-corrected chi connectivity index (χ1v) is 11.1. The number of hydrogen-bond donors (Lipinski definition) is 2. The Hall–Kier alpha value is -2.16. The molecule has 4 rings (SSSR count). The third-order valence-corrected chi connectivity index (χ3v) is 5.96. The van der Waals surface area contributed by atoms with Gasteiger partial charge < -0.3 is 25.2 Å². The molecule has 2 saturated heterocycles. The number of benzene rings is 1. The number of amides is 2. The maximum atomic E-state index is 12.3. The average molecular weight is 416 g/mol. The van der Waals surface area contributed by atoms with Crippen molar-refractivity contribution in [3.05, 3.63) is 24.3 Å². The maximum absolute atomic E-state index is 12.3. The van der Waals surface area contributed by atoms with Crippen molar-refractivity contribution in [2.24, 2.45) is 0 Å². The highest BCUT2D eigenvalue weighted by Crippen LogP contribution is 2.19. The molecular weight excluding hydrogens is 382 g/mol. The van der Waals surface area contributed by atoms with E-state index in [9.17, 15) is 9.59 Å². The van der Waals surface area contributed by atoms with E-state index < -0.39 is 0 Å². The number of anilines is 2. The lowest BCUT2D eigenvalue weighted by Gasteiger charge is -2.34. The third kappa shape index (κ3) is 6.42. The number of nitrogens with one attached hydrogen (secondary N) is 2. The van der Waals surface area contributed by atoms with Gasteiger partial charge in [-0.05, 0) is 37.1 Å². The van der Waals surface area contributed by atoms with Gasteiger partial charge in [-0.1, -0.05) is 0 Å². The van der Waals surface area contributed by atoms with Crippen molar-refractivity contribution >= 4 is 23.2 Å². The molecule has 0 radical (unpaired) electrons. The monoisotopic (exact) mass is 415 g/mol. The van der Waals surface area contributed by atoms with Crippen LogP contribution >= 0.6 is 0 Å².